The molecular formula is C36H27F18NO3. The summed E-state index contributed by atoms with van der Waals surface area (Å²) in [5, 5.41) is 0. The second kappa shape index (κ2) is 17.7. The summed E-state index contributed by atoms with van der Waals surface area (Å²) in [4.78, 5) is 39.5. The Balaban J connectivity index is 1.81. The van der Waals surface area contributed by atoms with E-state index in [1.807, 2.05) is 0 Å². The molecule has 0 saturated carbocycles. The van der Waals surface area contributed by atoms with Gasteiger partial charge in [0.15, 0.2) is 17.3 Å². The Morgan fingerprint density at radius 1 is 0.328 bits per heavy atom. The van der Waals surface area contributed by atoms with Crippen LogP contribution < -0.4 is 0 Å². The minimum atomic E-state index is -5.29. The Kier molecular flexibility index (Phi) is 14.6. The highest BCUT2D eigenvalue weighted by Gasteiger charge is 2.40. The number of carbonyl (C=O) groups excluding carboxylic acids is 3. The smallest absolute Gasteiger partial charge is 0.303 e. The first kappa shape index (κ1) is 47.7. The molecular weight excluding hydrogens is 836 g/mol. The van der Waals surface area contributed by atoms with Gasteiger partial charge in [-0.25, -0.2) is 0 Å². The normalized spacial score (nSPS) is 13.3. The van der Waals surface area contributed by atoms with E-state index in [1.54, 1.807) is 0 Å². The van der Waals surface area contributed by atoms with Crippen molar-refractivity contribution in [3.05, 3.63) is 105 Å². The molecule has 0 N–H and O–H groups in total. The molecule has 3 rings (SSSR count). The summed E-state index contributed by atoms with van der Waals surface area (Å²) in [6, 6.07) is 0.455. The van der Waals surface area contributed by atoms with Gasteiger partial charge >= 0.3 is 37.1 Å². The molecule has 22 heteroatoms. The van der Waals surface area contributed by atoms with E-state index < -0.39 is 124 Å². The average molecular weight is 864 g/mol. The third-order valence-corrected chi connectivity index (χ3v) is 8.36. The molecule has 0 amide bonds. The number of Topliss-reactive ketones (excluding diaryl/α,β-unsaturated/α-hetero) is 3. The lowest BCUT2D eigenvalue weighted by Crippen LogP contribution is -2.28. The fourth-order valence-corrected chi connectivity index (χ4v) is 5.51. The number of hydrogen-bond donors (Lipinski definition) is 0. The number of halogens is 18. The number of alkyl halides is 18. The second-order valence-corrected chi connectivity index (χ2v) is 12.8. The lowest BCUT2D eigenvalue weighted by atomic mass is 9.99. The third-order valence-electron chi connectivity index (χ3n) is 8.36. The SMILES string of the molecule is O=C(CCCN(CCCC(=O)c1cc(C(F)(F)F)cc(C(F)(F)F)c1)CCCC(=O)c1cc(C(F)(F)F)cc(C(F)(F)F)c1)c1cc(C(F)(F)F)cc(C(F)(F)F)c1. The molecule has 0 unspecified atom stereocenters. The van der Waals surface area contributed by atoms with Gasteiger partial charge in [0.25, 0.3) is 0 Å². The number of ketones is 3. The standard InChI is InChI=1S/C36H27F18NO3/c37-31(38,39)22-10-19(11-23(16-22)32(40,41)42)28(56)4-1-7-55(8-2-5-29(57)20-12-24(33(43,44)45)17-25(13-20)34(46,47)48)9-3-6-30(58)21-14-26(35(49,50)51)18-27(15-21)36(52,53)54/h10-18H,1-9H2. The van der Waals surface area contributed by atoms with Crippen molar-refractivity contribution in [3.63, 3.8) is 0 Å². The Bertz CT molecular complexity index is 1630. The van der Waals surface area contributed by atoms with Crippen molar-refractivity contribution in [2.24, 2.45) is 0 Å². The quantitative estimate of drug-likeness (QED) is 0.113. The van der Waals surface area contributed by atoms with E-state index in [-0.39, 0.29) is 93.5 Å². The van der Waals surface area contributed by atoms with Crippen molar-refractivity contribution in [2.45, 2.75) is 75.6 Å². The highest BCUT2D eigenvalue weighted by Crippen LogP contribution is 2.39. The van der Waals surface area contributed by atoms with Crippen LogP contribution in [0.5, 0.6) is 0 Å². The van der Waals surface area contributed by atoms with Crippen molar-refractivity contribution < 1.29 is 93.4 Å². The summed E-state index contributed by atoms with van der Waals surface area (Å²) in [6.45, 7) is -0.908. The molecule has 0 aliphatic carbocycles. The first-order valence-corrected chi connectivity index (χ1v) is 16.5. The van der Waals surface area contributed by atoms with Gasteiger partial charge in [-0.3, -0.25) is 14.4 Å². The van der Waals surface area contributed by atoms with Crippen molar-refractivity contribution in [1.82, 2.24) is 4.90 Å². The van der Waals surface area contributed by atoms with Crippen LogP contribution in [0.15, 0.2) is 54.6 Å². The molecule has 0 atom stereocenters. The number of nitrogens with zero attached hydrogens (tertiary/aromatic N) is 1. The van der Waals surface area contributed by atoms with Gasteiger partial charge in [0.1, 0.15) is 0 Å². The van der Waals surface area contributed by atoms with E-state index in [0.29, 0.717) is 0 Å². The predicted octanol–water partition coefficient (Wildman–Crippen LogP) is 12.4. The molecule has 0 fully saturated rings. The van der Waals surface area contributed by atoms with Crippen LogP contribution in [0, 0.1) is 0 Å². The summed E-state index contributed by atoms with van der Waals surface area (Å²) in [7, 11) is 0. The fraction of sp³-hybridized carbons (Fsp3) is 0.417. The van der Waals surface area contributed by atoms with E-state index >= 15 is 0 Å². The van der Waals surface area contributed by atoms with Crippen LogP contribution in [0.3, 0.4) is 0 Å². The van der Waals surface area contributed by atoms with Gasteiger partial charge in [0, 0.05) is 36.0 Å². The molecule has 0 spiro atoms. The first-order valence-electron chi connectivity index (χ1n) is 16.5. The van der Waals surface area contributed by atoms with Gasteiger partial charge in [0.2, 0.25) is 0 Å². The molecule has 320 valence electrons. The van der Waals surface area contributed by atoms with Crippen molar-refractivity contribution in [3.8, 4) is 0 Å². The zero-order valence-electron chi connectivity index (χ0n) is 29.0. The summed E-state index contributed by atoms with van der Waals surface area (Å²) in [5.74, 6) is -3.59. The summed E-state index contributed by atoms with van der Waals surface area (Å²) >= 11 is 0. The van der Waals surface area contributed by atoms with E-state index in [4.69, 9.17) is 0 Å². The fourth-order valence-electron chi connectivity index (χ4n) is 5.51. The van der Waals surface area contributed by atoms with Crippen molar-refractivity contribution in [1.29, 1.82) is 0 Å². The van der Waals surface area contributed by atoms with Crippen LogP contribution >= 0.6 is 0 Å². The minimum absolute atomic E-state index is 0.183. The highest BCUT2D eigenvalue weighted by atomic mass is 19.4. The van der Waals surface area contributed by atoms with Gasteiger partial charge in [-0.15, -0.1) is 0 Å². The Hall–Kier alpha value is -4.63. The maximum atomic E-state index is 13.3. The zero-order valence-corrected chi connectivity index (χ0v) is 29.0. The van der Waals surface area contributed by atoms with E-state index in [2.05, 4.69) is 0 Å². The topological polar surface area (TPSA) is 54.5 Å². The van der Waals surface area contributed by atoms with Crippen LogP contribution in [0.25, 0.3) is 0 Å². The van der Waals surface area contributed by atoms with Crippen molar-refractivity contribution in [2.75, 3.05) is 19.6 Å². The Morgan fingerprint density at radius 2 is 0.500 bits per heavy atom. The molecule has 0 aromatic heterocycles. The molecule has 58 heavy (non-hydrogen) atoms. The monoisotopic (exact) mass is 863 g/mol. The first-order chi connectivity index (χ1) is 26.3. The van der Waals surface area contributed by atoms with Gasteiger partial charge in [-0.2, -0.15) is 79.0 Å². The highest BCUT2D eigenvalue weighted by molar-refractivity contribution is 5.97. The zero-order chi connectivity index (χ0) is 44.2. The van der Waals surface area contributed by atoms with E-state index in [0.717, 1.165) is 0 Å². The van der Waals surface area contributed by atoms with E-state index in [1.165, 1.54) is 4.90 Å². The molecule has 3 aromatic rings. The maximum Gasteiger partial charge on any atom is 0.416 e. The van der Waals surface area contributed by atoms with Crippen LogP contribution in [0.2, 0.25) is 0 Å². The lowest BCUT2D eigenvalue weighted by molar-refractivity contribution is -0.144. The van der Waals surface area contributed by atoms with E-state index in [9.17, 15) is 93.4 Å². The molecule has 0 radical (unpaired) electrons. The van der Waals surface area contributed by atoms with Gasteiger partial charge in [-0.05, 0) is 93.5 Å². The molecule has 0 bridgehead atoms. The number of rotatable bonds is 15. The predicted molar refractivity (Wildman–Crippen MR) is 166 cm³/mol. The van der Waals surface area contributed by atoms with Crippen LogP contribution in [0.4, 0.5) is 79.0 Å². The summed E-state index contributed by atoms with van der Waals surface area (Å²) in [6.07, 6.45) is -34.9. The Morgan fingerprint density at radius 3 is 0.655 bits per heavy atom. The molecule has 0 aliphatic rings. The molecule has 3 aromatic carbocycles. The molecule has 0 heterocycles. The molecule has 0 aliphatic heterocycles. The van der Waals surface area contributed by atoms with Gasteiger partial charge < -0.3 is 4.90 Å². The molecule has 0 saturated heterocycles. The number of benzene rings is 3. The average Bonchev–Trinajstić information content (AvgIpc) is 3.08. The summed E-state index contributed by atoms with van der Waals surface area (Å²) in [5.41, 5.74) is -13.6. The minimum Gasteiger partial charge on any atom is -0.303 e. The maximum absolute atomic E-state index is 13.3. The second-order valence-electron chi connectivity index (χ2n) is 12.8. The van der Waals surface area contributed by atoms with Gasteiger partial charge in [0.05, 0.1) is 33.4 Å². The van der Waals surface area contributed by atoms with Crippen LogP contribution in [-0.2, 0) is 37.1 Å². The third kappa shape index (κ3) is 13.7. The van der Waals surface area contributed by atoms with Crippen LogP contribution in [-0.4, -0.2) is 41.9 Å². The largest absolute Gasteiger partial charge is 0.416 e. The number of hydrogen-bond acceptors (Lipinski definition) is 4. The van der Waals surface area contributed by atoms with Crippen LogP contribution in [0.1, 0.15) is 103 Å². The van der Waals surface area contributed by atoms with Gasteiger partial charge in [-0.1, -0.05) is 0 Å². The van der Waals surface area contributed by atoms with Crippen molar-refractivity contribution >= 4 is 17.3 Å². The lowest BCUT2D eigenvalue weighted by Gasteiger charge is -2.22. The Labute approximate surface area is 315 Å². The number of carbonyl (C=O) groups is 3. The summed E-state index contributed by atoms with van der Waals surface area (Å²) < 4.78 is 239. The molecule has 4 nitrogen and oxygen atoms in total.